The van der Waals surface area contributed by atoms with Gasteiger partial charge in [-0.05, 0) is 53.1 Å². The van der Waals surface area contributed by atoms with Crippen LogP contribution in [0, 0.1) is 15.9 Å². The van der Waals surface area contributed by atoms with Gasteiger partial charge in [0.15, 0.2) is 5.75 Å². The fraction of sp³-hybridized carbons (Fsp3) is 0.103. The number of anilines is 1. The molecule has 2 amide bonds. The molecule has 0 fully saturated rings. The van der Waals surface area contributed by atoms with Gasteiger partial charge in [-0.1, -0.05) is 72.8 Å². The normalized spacial score (nSPS) is 12.2. The van der Waals surface area contributed by atoms with Crippen molar-refractivity contribution in [2.45, 2.75) is 19.2 Å². The summed E-state index contributed by atoms with van der Waals surface area (Å²) in [4.78, 5) is 46.3. The molecule has 1 aliphatic heterocycles. The third-order valence-corrected chi connectivity index (χ3v) is 8.53. The Balaban J connectivity index is 1.36. The molecule has 0 saturated heterocycles. The number of carbonyl (C=O) groups is 2. The Hall–Kier alpha value is -6.62. The summed E-state index contributed by atoms with van der Waals surface area (Å²) in [6, 6.07) is 33.9. The van der Waals surface area contributed by atoms with Gasteiger partial charge in [0, 0.05) is 49.4 Å². The standard InChI is InChI=1S/C39H29FN4O6/c1-42(39(46)49-30-20-18-29(19-21-30)44(47)48)35-31-13-8-22-41-34(31)37(50-36(26-9-4-2-5-10-26)27-11-6-3-7-12-27)33-32(35)24-43(38(33)45)23-25-14-16-28(40)17-15-25/h2-22,36H,23-24H2,1H3. The molecule has 6 aromatic rings. The maximum atomic E-state index is 14.5. The van der Waals surface area contributed by atoms with E-state index < -0.39 is 17.1 Å². The van der Waals surface area contributed by atoms with Crippen molar-refractivity contribution in [2.24, 2.45) is 0 Å². The Morgan fingerprint density at radius 3 is 2.18 bits per heavy atom. The molecule has 248 valence electrons. The second kappa shape index (κ2) is 13.5. The minimum atomic E-state index is -0.782. The minimum Gasteiger partial charge on any atom is -0.478 e. The van der Waals surface area contributed by atoms with Crippen LogP contribution in [0.2, 0.25) is 0 Å². The van der Waals surface area contributed by atoms with Crippen LogP contribution in [-0.2, 0) is 13.1 Å². The summed E-state index contributed by atoms with van der Waals surface area (Å²) in [5, 5.41) is 11.7. The Kier molecular flexibility index (Phi) is 8.61. The number of rotatable bonds is 9. The first-order valence-electron chi connectivity index (χ1n) is 15.7. The Morgan fingerprint density at radius 2 is 1.56 bits per heavy atom. The average molecular weight is 669 g/mol. The molecule has 0 bridgehead atoms. The number of amides is 2. The van der Waals surface area contributed by atoms with Gasteiger partial charge < -0.3 is 14.4 Å². The highest BCUT2D eigenvalue weighted by molar-refractivity contribution is 6.13. The molecule has 5 aromatic carbocycles. The number of fused-ring (bicyclic) bond motifs is 2. The molecule has 1 aromatic heterocycles. The van der Waals surface area contributed by atoms with E-state index in [1.165, 1.54) is 48.3 Å². The summed E-state index contributed by atoms with van der Waals surface area (Å²) in [7, 11) is 1.53. The van der Waals surface area contributed by atoms with Crippen molar-refractivity contribution in [3.8, 4) is 11.5 Å². The molecule has 0 aliphatic carbocycles. The quantitative estimate of drug-likeness (QED) is 0.113. The number of hydrogen-bond donors (Lipinski definition) is 0. The molecule has 0 spiro atoms. The summed E-state index contributed by atoms with van der Waals surface area (Å²) < 4.78 is 26.3. The van der Waals surface area contributed by atoms with Crippen molar-refractivity contribution in [2.75, 3.05) is 11.9 Å². The predicted molar refractivity (Wildman–Crippen MR) is 185 cm³/mol. The highest BCUT2D eigenvalue weighted by Crippen LogP contribution is 2.46. The van der Waals surface area contributed by atoms with Crippen molar-refractivity contribution >= 4 is 34.3 Å². The van der Waals surface area contributed by atoms with E-state index in [-0.39, 0.29) is 47.6 Å². The van der Waals surface area contributed by atoms with Crippen LogP contribution in [-0.4, -0.2) is 33.9 Å². The van der Waals surface area contributed by atoms with E-state index in [0.717, 1.165) is 16.7 Å². The largest absolute Gasteiger partial charge is 0.478 e. The molecular formula is C39H29FN4O6. The van der Waals surface area contributed by atoms with Crippen LogP contribution in [0.15, 0.2) is 128 Å². The van der Waals surface area contributed by atoms with Crippen LogP contribution in [0.4, 0.5) is 20.6 Å². The molecule has 0 N–H and O–H groups in total. The Bertz CT molecular complexity index is 2180. The van der Waals surface area contributed by atoms with E-state index in [1.54, 1.807) is 35.4 Å². The molecule has 0 saturated carbocycles. The van der Waals surface area contributed by atoms with Crippen LogP contribution in [0.3, 0.4) is 0 Å². The third kappa shape index (κ3) is 6.19. The molecule has 10 nitrogen and oxygen atoms in total. The zero-order valence-corrected chi connectivity index (χ0v) is 26.7. The lowest BCUT2D eigenvalue weighted by atomic mass is 9.98. The van der Waals surface area contributed by atoms with Gasteiger partial charge in [-0.2, -0.15) is 0 Å². The molecule has 1 aliphatic rings. The summed E-state index contributed by atoms with van der Waals surface area (Å²) >= 11 is 0. The molecule has 11 heteroatoms. The second-order valence-corrected chi connectivity index (χ2v) is 11.7. The minimum absolute atomic E-state index is 0.106. The summed E-state index contributed by atoms with van der Waals surface area (Å²) in [5.74, 6) is -0.360. The van der Waals surface area contributed by atoms with Crippen molar-refractivity contribution in [1.29, 1.82) is 0 Å². The van der Waals surface area contributed by atoms with Gasteiger partial charge in [0.1, 0.15) is 23.2 Å². The number of nitro groups is 1. The maximum absolute atomic E-state index is 14.5. The number of non-ortho nitro benzene ring substituents is 1. The number of benzene rings is 5. The van der Waals surface area contributed by atoms with Crippen molar-refractivity contribution in [3.63, 3.8) is 0 Å². The highest BCUT2D eigenvalue weighted by Gasteiger charge is 2.38. The number of pyridine rings is 1. The second-order valence-electron chi connectivity index (χ2n) is 11.7. The van der Waals surface area contributed by atoms with Crippen LogP contribution in [0.1, 0.15) is 38.7 Å². The Morgan fingerprint density at radius 1 is 0.920 bits per heavy atom. The number of ether oxygens (including phenoxy) is 2. The smallest absolute Gasteiger partial charge is 0.419 e. The van der Waals surface area contributed by atoms with E-state index in [2.05, 4.69) is 4.98 Å². The van der Waals surface area contributed by atoms with Crippen LogP contribution in [0.5, 0.6) is 11.5 Å². The van der Waals surface area contributed by atoms with E-state index in [9.17, 15) is 24.1 Å². The monoisotopic (exact) mass is 668 g/mol. The molecule has 7 rings (SSSR count). The van der Waals surface area contributed by atoms with Crippen LogP contribution in [0.25, 0.3) is 10.9 Å². The predicted octanol–water partition coefficient (Wildman–Crippen LogP) is 8.24. The summed E-state index contributed by atoms with van der Waals surface area (Å²) in [6.45, 7) is 0.284. The topological polar surface area (TPSA) is 115 Å². The molecule has 0 atom stereocenters. The zero-order chi connectivity index (χ0) is 34.8. The SMILES string of the molecule is CN(C(=O)Oc1ccc([N+](=O)[O-])cc1)c1c2c(c(OC(c3ccccc3)c3ccccc3)c3ncccc13)C(=O)N(Cc1ccc(F)cc1)C2. The fourth-order valence-electron chi connectivity index (χ4n) is 6.15. The third-order valence-electron chi connectivity index (χ3n) is 8.53. The number of nitrogens with zero attached hydrogens (tertiary/aromatic N) is 4. The van der Waals surface area contributed by atoms with E-state index >= 15 is 0 Å². The Labute approximate surface area is 286 Å². The summed E-state index contributed by atoms with van der Waals surface area (Å²) in [6.07, 6.45) is 0.202. The van der Waals surface area contributed by atoms with Gasteiger partial charge in [0.2, 0.25) is 0 Å². The fourth-order valence-corrected chi connectivity index (χ4v) is 6.15. The highest BCUT2D eigenvalue weighted by atomic mass is 19.1. The summed E-state index contributed by atoms with van der Waals surface area (Å²) in [5.41, 5.74) is 3.83. The number of hydrogen-bond acceptors (Lipinski definition) is 7. The molecule has 0 unspecified atom stereocenters. The van der Waals surface area contributed by atoms with E-state index in [4.69, 9.17) is 9.47 Å². The van der Waals surface area contributed by atoms with Crippen LogP contribution < -0.4 is 14.4 Å². The first-order chi connectivity index (χ1) is 24.3. The molecule has 0 radical (unpaired) electrons. The molecular weight excluding hydrogens is 639 g/mol. The van der Waals surface area contributed by atoms with E-state index in [1.807, 2.05) is 60.7 Å². The van der Waals surface area contributed by atoms with Gasteiger partial charge in [-0.15, -0.1) is 0 Å². The van der Waals surface area contributed by atoms with Crippen molar-refractivity contribution in [1.82, 2.24) is 9.88 Å². The van der Waals surface area contributed by atoms with E-state index in [0.29, 0.717) is 22.2 Å². The van der Waals surface area contributed by atoms with Crippen molar-refractivity contribution in [3.05, 3.63) is 171 Å². The van der Waals surface area contributed by atoms with Gasteiger partial charge in [0.05, 0.1) is 16.2 Å². The van der Waals surface area contributed by atoms with Crippen molar-refractivity contribution < 1.29 is 28.4 Å². The van der Waals surface area contributed by atoms with Crippen LogP contribution >= 0.6 is 0 Å². The lowest BCUT2D eigenvalue weighted by molar-refractivity contribution is -0.384. The number of halogens is 1. The number of carbonyl (C=O) groups excluding carboxylic acids is 2. The zero-order valence-electron chi connectivity index (χ0n) is 26.7. The van der Waals surface area contributed by atoms with Gasteiger partial charge in [-0.25, -0.2) is 9.18 Å². The van der Waals surface area contributed by atoms with Gasteiger partial charge in [-0.3, -0.25) is 24.8 Å². The maximum Gasteiger partial charge on any atom is 0.419 e. The molecule has 50 heavy (non-hydrogen) atoms. The van der Waals surface area contributed by atoms with Gasteiger partial charge in [0.25, 0.3) is 11.6 Å². The lowest BCUT2D eigenvalue weighted by Gasteiger charge is -2.26. The van der Waals surface area contributed by atoms with Gasteiger partial charge >= 0.3 is 6.09 Å². The lowest BCUT2D eigenvalue weighted by Crippen LogP contribution is -2.31. The first-order valence-corrected chi connectivity index (χ1v) is 15.7. The number of nitro benzene ring substituents is 1. The number of aromatic nitrogens is 1. The average Bonchev–Trinajstić information content (AvgIpc) is 3.46. The molecule has 2 heterocycles. The first kappa shape index (κ1) is 32.0.